The molecule has 0 saturated heterocycles. The minimum atomic E-state index is -0.0901. The third-order valence-electron chi connectivity index (χ3n) is 3.36. The number of hydrogen-bond acceptors (Lipinski definition) is 4. The molecule has 2 aromatic rings. The van der Waals surface area contributed by atoms with E-state index in [0.29, 0.717) is 17.7 Å². The molecule has 0 radical (unpaired) electrons. The van der Waals surface area contributed by atoms with Gasteiger partial charge in [-0.3, -0.25) is 0 Å². The molecular formula is C16H15NO3. The number of oxime groups is 1. The average molecular weight is 269 g/mol. The Kier molecular flexibility index (Phi) is 3.29. The molecule has 0 spiro atoms. The fraction of sp³-hybridized carbons (Fsp3) is 0.188. The number of phenols is 1. The molecule has 1 N–H and O–H groups in total. The molecule has 0 amide bonds. The number of benzene rings is 2. The van der Waals surface area contributed by atoms with E-state index in [-0.39, 0.29) is 11.9 Å². The zero-order valence-corrected chi connectivity index (χ0v) is 11.1. The van der Waals surface area contributed by atoms with Gasteiger partial charge in [0.1, 0.15) is 11.5 Å². The molecule has 0 aliphatic carbocycles. The van der Waals surface area contributed by atoms with Gasteiger partial charge in [-0.15, -0.1) is 0 Å². The molecule has 0 fully saturated rings. The van der Waals surface area contributed by atoms with Gasteiger partial charge in [0.05, 0.1) is 12.8 Å². The molecule has 1 aliphatic rings. The zero-order valence-electron chi connectivity index (χ0n) is 11.1. The molecule has 1 atom stereocenters. The van der Waals surface area contributed by atoms with Gasteiger partial charge in [0, 0.05) is 18.1 Å². The summed E-state index contributed by atoms with van der Waals surface area (Å²) in [5, 5.41) is 14.1. The lowest BCUT2D eigenvalue weighted by atomic mass is 10.00. The summed E-state index contributed by atoms with van der Waals surface area (Å²) in [6.07, 6.45) is 0.553. The molecule has 2 aromatic carbocycles. The summed E-state index contributed by atoms with van der Waals surface area (Å²) in [7, 11) is 1.57. The van der Waals surface area contributed by atoms with E-state index >= 15 is 0 Å². The van der Waals surface area contributed by atoms with Crippen molar-refractivity contribution >= 4 is 5.71 Å². The molecule has 0 bridgehead atoms. The lowest BCUT2D eigenvalue weighted by Gasteiger charge is -2.08. The van der Waals surface area contributed by atoms with Crippen LogP contribution in [0, 0.1) is 0 Å². The average Bonchev–Trinajstić information content (AvgIpc) is 2.97. The Morgan fingerprint density at radius 3 is 2.70 bits per heavy atom. The van der Waals surface area contributed by atoms with Crippen LogP contribution in [0.15, 0.2) is 53.7 Å². The van der Waals surface area contributed by atoms with Crippen LogP contribution < -0.4 is 4.74 Å². The first-order valence-electron chi connectivity index (χ1n) is 6.43. The fourth-order valence-electron chi connectivity index (χ4n) is 2.27. The number of aromatic hydroxyl groups is 1. The smallest absolute Gasteiger partial charge is 0.158 e. The predicted molar refractivity (Wildman–Crippen MR) is 76.1 cm³/mol. The van der Waals surface area contributed by atoms with Crippen LogP contribution in [0.25, 0.3) is 0 Å². The van der Waals surface area contributed by atoms with Crippen molar-refractivity contribution in [2.24, 2.45) is 5.16 Å². The van der Waals surface area contributed by atoms with Crippen LogP contribution >= 0.6 is 0 Å². The van der Waals surface area contributed by atoms with Gasteiger partial charge in [0.2, 0.25) is 0 Å². The highest BCUT2D eigenvalue weighted by Gasteiger charge is 2.25. The molecule has 1 aliphatic heterocycles. The number of ether oxygens (including phenoxy) is 1. The monoisotopic (exact) mass is 269 g/mol. The van der Waals surface area contributed by atoms with Gasteiger partial charge in [-0.1, -0.05) is 35.5 Å². The second-order valence-electron chi connectivity index (χ2n) is 4.63. The molecule has 3 rings (SSSR count). The first kappa shape index (κ1) is 12.5. The Bertz CT molecular complexity index is 637. The number of methoxy groups -OCH3 is 1. The van der Waals surface area contributed by atoms with E-state index < -0.39 is 0 Å². The summed E-state index contributed by atoms with van der Waals surface area (Å²) < 4.78 is 5.07. The highest BCUT2D eigenvalue weighted by atomic mass is 16.6. The van der Waals surface area contributed by atoms with E-state index in [2.05, 4.69) is 5.16 Å². The van der Waals surface area contributed by atoms with Crippen molar-refractivity contribution in [1.82, 2.24) is 0 Å². The maximum absolute atomic E-state index is 10.0. The van der Waals surface area contributed by atoms with E-state index in [1.54, 1.807) is 25.3 Å². The van der Waals surface area contributed by atoms with Crippen molar-refractivity contribution < 1.29 is 14.7 Å². The van der Waals surface area contributed by atoms with E-state index in [4.69, 9.17) is 9.57 Å². The van der Waals surface area contributed by atoms with Crippen LogP contribution in [0.5, 0.6) is 11.5 Å². The maximum Gasteiger partial charge on any atom is 0.158 e. The molecule has 4 nitrogen and oxygen atoms in total. The normalized spacial score (nSPS) is 17.4. The van der Waals surface area contributed by atoms with Gasteiger partial charge < -0.3 is 14.7 Å². The van der Waals surface area contributed by atoms with Crippen LogP contribution in [-0.2, 0) is 4.84 Å². The maximum atomic E-state index is 10.0. The Morgan fingerprint density at radius 2 is 2.00 bits per heavy atom. The predicted octanol–water partition coefficient (Wildman–Crippen LogP) is 3.27. The molecule has 102 valence electrons. The molecule has 1 heterocycles. The van der Waals surface area contributed by atoms with Crippen LogP contribution in [0.4, 0.5) is 0 Å². The third kappa shape index (κ3) is 2.32. The summed E-state index contributed by atoms with van der Waals surface area (Å²) >= 11 is 0. The van der Waals surface area contributed by atoms with Crippen molar-refractivity contribution in [2.75, 3.05) is 7.11 Å². The van der Waals surface area contributed by atoms with Crippen molar-refractivity contribution in [3.05, 3.63) is 59.7 Å². The van der Waals surface area contributed by atoms with Gasteiger partial charge in [-0.05, 0) is 17.7 Å². The van der Waals surface area contributed by atoms with Gasteiger partial charge in [0.25, 0.3) is 0 Å². The number of phenolic OH excluding ortho intramolecular Hbond substituents is 1. The van der Waals surface area contributed by atoms with Crippen LogP contribution in [0.1, 0.15) is 23.7 Å². The number of nitrogens with zero attached hydrogens (tertiary/aromatic N) is 1. The number of rotatable bonds is 3. The lowest BCUT2D eigenvalue weighted by molar-refractivity contribution is 0.0857. The lowest BCUT2D eigenvalue weighted by Crippen LogP contribution is -2.02. The van der Waals surface area contributed by atoms with Crippen molar-refractivity contribution in [1.29, 1.82) is 0 Å². The quantitative estimate of drug-likeness (QED) is 0.930. The molecular weight excluding hydrogens is 254 g/mol. The van der Waals surface area contributed by atoms with Crippen LogP contribution in [0.3, 0.4) is 0 Å². The first-order chi connectivity index (χ1) is 9.78. The zero-order chi connectivity index (χ0) is 13.9. The van der Waals surface area contributed by atoms with Crippen molar-refractivity contribution in [3.63, 3.8) is 0 Å². The van der Waals surface area contributed by atoms with Crippen molar-refractivity contribution in [2.45, 2.75) is 12.5 Å². The summed E-state index contributed by atoms with van der Waals surface area (Å²) in [6.45, 7) is 0. The summed E-state index contributed by atoms with van der Waals surface area (Å²) in [4.78, 5) is 5.46. The Labute approximate surface area is 117 Å². The van der Waals surface area contributed by atoms with Crippen LogP contribution in [-0.4, -0.2) is 17.9 Å². The highest BCUT2D eigenvalue weighted by molar-refractivity contribution is 6.03. The third-order valence-corrected chi connectivity index (χ3v) is 3.36. The molecule has 4 heteroatoms. The van der Waals surface area contributed by atoms with Gasteiger partial charge in [0.15, 0.2) is 6.10 Å². The summed E-state index contributed by atoms with van der Waals surface area (Å²) in [6, 6.07) is 15.1. The molecule has 20 heavy (non-hydrogen) atoms. The minimum Gasteiger partial charge on any atom is -0.507 e. The van der Waals surface area contributed by atoms with Crippen LogP contribution in [0.2, 0.25) is 0 Å². The van der Waals surface area contributed by atoms with E-state index in [0.717, 1.165) is 11.3 Å². The van der Waals surface area contributed by atoms with Crippen molar-refractivity contribution in [3.8, 4) is 11.5 Å². The molecule has 0 saturated carbocycles. The van der Waals surface area contributed by atoms with E-state index in [9.17, 15) is 5.11 Å². The summed E-state index contributed by atoms with van der Waals surface area (Å²) in [5.74, 6) is 0.769. The number of hydrogen-bond donors (Lipinski definition) is 1. The Hall–Kier alpha value is -2.49. The highest BCUT2D eigenvalue weighted by Crippen LogP contribution is 2.33. The van der Waals surface area contributed by atoms with Gasteiger partial charge in [-0.2, -0.15) is 0 Å². The SMILES string of the molecule is COc1ccc(C2=NOC(c3ccccc3)C2)c(O)c1. The Balaban J connectivity index is 1.80. The second kappa shape index (κ2) is 5.25. The largest absolute Gasteiger partial charge is 0.507 e. The summed E-state index contributed by atoms with van der Waals surface area (Å²) in [5.41, 5.74) is 2.52. The molecule has 0 aromatic heterocycles. The first-order valence-corrected chi connectivity index (χ1v) is 6.43. The van der Waals surface area contributed by atoms with E-state index in [1.165, 1.54) is 0 Å². The van der Waals surface area contributed by atoms with E-state index in [1.807, 2.05) is 30.3 Å². The van der Waals surface area contributed by atoms with Gasteiger partial charge in [-0.25, -0.2) is 0 Å². The fourth-order valence-corrected chi connectivity index (χ4v) is 2.27. The van der Waals surface area contributed by atoms with Gasteiger partial charge >= 0.3 is 0 Å². The molecule has 1 unspecified atom stereocenters. The Morgan fingerprint density at radius 1 is 1.20 bits per heavy atom. The topological polar surface area (TPSA) is 51.0 Å². The second-order valence-corrected chi connectivity index (χ2v) is 4.63. The standard InChI is InChI=1S/C16H15NO3/c1-19-12-7-8-13(15(18)9-12)14-10-16(20-17-14)11-5-3-2-4-6-11/h2-9,16,18H,10H2,1H3. The minimum absolute atomic E-state index is 0.0901.